The molecule has 0 saturated heterocycles. The van der Waals surface area contributed by atoms with E-state index in [-0.39, 0.29) is 0 Å². The number of hydrogen-bond acceptors (Lipinski definition) is 2. The van der Waals surface area contributed by atoms with E-state index in [0.29, 0.717) is 93.9 Å². The molecule has 4 heteroatoms. The molecule has 0 amide bonds. The van der Waals surface area contributed by atoms with Gasteiger partial charge in [0.25, 0.3) is 0 Å². The van der Waals surface area contributed by atoms with Crippen molar-refractivity contribution in [1.29, 1.82) is 0 Å². The van der Waals surface area contributed by atoms with Gasteiger partial charge in [-0.1, -0.05) is 0 Å². The molecule has 0 rings (SSSR count). The van der Waals surface area contributed by atoms with Crippen molar-refractivity contribution < 1.29 is 0 Å². The Bertz CT molecular complexity index is 19.2. The second-order valence-corrected chi connectivity index (χ2v) is 2.06. The van der Waals surface area contributed by atoms with Gasteiger partial charge in [-0.2, -0.15) is 0 Å². The zero-order chi connectivity index (χ0) is 3.41. The first-order valence-corrected chi connectivity index (χ1v) is 4.80. The van der Waals surface area contributed by atoms with Crippen LogP contribution in [-0.4, -0.2) is 93.9 Å². The van der Waals surface area contributed by atoms with Crippen LogP contribution >= 0.6 is 0 Å². The van der Waals surface area contributed by atoms with E-state index in [0.717, 1.165) is 0 Å². The van der Waals surface area contributed by atoms with Crippen LogP contribution in [-0.2, 0) is 0 Å². The van der Waals surface area contributed by atoms with E-state index in [2.05, 4.69) is 0.253 Å². The van der Waals surface area contributed by atoms with E-state index in [1.165, 1.54) is 0 Å². The molecule has 0 spiro atoms. The van der Waals surface area contributed by atoms with Crippen molar-refractivity contribution in [2.24, 2.45) is 0.253 Å². The zero-order valence-corrected chi connectivity index (χ0v) is 11.2. The molecule has 0 aromatic rings. The quantitative estimate of drug-likeness (QED) is 0.430. The number of rotatable bonds is 0. The SMILES string of the molecule is [Ba][N]=[N][Ba]. The standard InChI is InChI=1S/2Ba.N2/c;;1-2/q2*+1;-2. The predicted molar refractivity (Wildman–Crippen MR) is 16.4 cm³/mol. The van der Waals surface area contributed by atoms with Crippen molar-refractivity contribution in [2.75, 3.05) is 0 Å². The summed E-state index contributed by atoms with van der Waals surface area (Å²) < 4.78 is 7.28. The van der Waals surface area contributed by atoms with Gasteiger partial charge in [0.2, 0.25) is 0 Å². The van der Waals surface area contributed by atoms with Gasteiger partial charge in [-0.25, -0.2) is 0 Å². The van der Waals surface area contributed by atoms with Crippen molar-refractivity contribution >= 4 is 93.9 Å². The molecule has 14 valence electrons. The van der Waals surface area contributed by atoms with Crippen LogP contribution in [0.3, 0.4) is 0 Å². The summed E-state index contributed by atoms with van der Waals surface area (Å²) in [4.78, 5) is 0. The Morgan fingerprint density at radius 2 is 1.25 bits per heavy atom. The molecule has 0 aliphatic heterocycles. The zero-order valence-electron chi connectivity index (χ0n) is 2.31. The average Bonchev–Trinajstić information content (AvgIpc) is 1.37. The maximum atomic E-state index is 3.64. The van der Waals surface area contributed by atoms with E-state index in [4.69, 9.17) is 0 Å². The molecule has 0 aliphatic rings. The van der Waals surface area contributed by atoms with Crippen molar-refractivity contribution in [3.63, 3.8) is 0 Å². The first-order chi connectivity index (χ1) is 1.91. The van der Waals surface area contributed by atoms with E-state index < -0.39 is 0 Å². The molecule has 0 heterocycles. The Morgan fingerprint density at radius 1 is 1.00 bits per heavy atom. The van der Waals surface area contributed by atoms with Gasteiger partial charge >= 0.3 is 94.2 Å². The monoisotopic (exact) mass is 304 g/mol. The first-order valence-electron chi connectivity index (χ1n) is 0.832. The molecule has 0 bridgehead atoms. The van der Waals surface area contributed by atoms with Crippen LogP contribution in [0.2, 0.25) is 0 Å². The van der Waals surface area contributed by atoms with Gasteiger partial charge in [-0.05, 0) is 0 Å². The average molecular weight is 303 g/mol. The number of hydrogen-bond donors (Lipinski definition) is 0. The Hall–Kier alpha value is 2.74. The molecule has 0 fully saturated rings. The van der Waals surface area contributed by atoms with E-state index in [1.807, 2.05) is 0 Å². The molecule has 0 aromatic carbocycles. The van der Waals surface area contributed by atoms with Crippen LogP contribution in [0.15, 0.2) is 0.253 Å². The summed E-state index contributed by atoms with van der Waals surface area (Å²) in [5, 5.41) is 0. The fourth-order valence-electron chi connectivity index (χ4n) is 0. The molecule has 2 nitrogen and oxygen atoms in total. The maximum absolute atomic E-state index is 3.64. The van der Waals surface area contributed by atoms with E-state index in [9.17, 15) is 0 Å². The minimum atomic E-state index is 0.580. The first kappa shape index (κ1) is 6.74. The normalized spacial score (nSPS) is 8.50. The molecular weight excluding hydrogens is 303 g/mol. The van der Waals surface area contributed by atoms with Gasteiger partial charge in [0, 0.05) is 0 Å². The fourth-order valence-corrected chi connectivity index (χ4v) is 0. The van der Waals surface area contributed by atoms with Crippen molar-refractivity contribution in [1.82, 2.24) is 0 Å². The molecule has 0 aromatic heterocycles. The molecule has 0 N–H and O–H groups in total. The summed E-state index contributed by atoms with van der Waals surface area (Å²) in [5.41, 5.74) is 0. The van der Waals surface area contributed by atoms with Crippen molar-refractivity contribution in [3.8, 4) is 0 Å². The van der Waals surface area contributed by atoms with Crippen LogP contribution in [0.1, 0.15) is 0 Å². The summed E-state index contributed by atoms with van der Waals surface area (Å²) in [6.45, 7) is 0. The van der Waals surface area contributed by atoms with E-state index >= 15 is 0 Å². The molecular formula is Ba2N2. The summed E-state index contributed by atoms with van der Waals surface area (Å²) in [5.74, 6) is 0. The fraction of sp³-hybridized carbons (Fsp3) is 0. The predicted octanol–water partition coefficient (Wildman–Crippen LogP) is -0.394. The molecule has 2 radical (unpaired) electrons. The van der Waals surface area contributed by atoms with Crippen molar-refractivity contribution in [2.45, 2.75) is 0 Å². The molecule has 0 atom stereocenters. The third-order valence-corrected chi connectivity index (χ3v) is 5.30. The van der Waals surface area contributed by atoms with Crippen LogP contribution in [0, 0.1) is 0 Å². The van der Waals surface area contributed by atoms with Gasteiger partial charge in [0.1, 0.15) is 0 Å². The third-order valence-electron chi connectivity index (χ3n) is 0.1000. The number of nitrogens with zero attached hydrogens (tertiary/aromatic N) is 2. The Labute approximate surface area is 90.9 Å². The molecule has 4 heavy (non-hydrogen) atoms. The van der Waals surface area contributed by atoms with Gasteiger partial charge in [-0.3, -0.25) is 0 Å². The van der Waals surface area contributed by atoms with E-state index in [1.54, 1.807) is 0 Å². The van der Waals surface area contributed by atoms with Gasteiger partial charge in [0.15, 0.2) is 0 Å². The second-order valence-electron chi connectivity index (χ2n) is 0.283. The molecule has 0 unspecified atom stereocenters. The van der Waals surface area contributed by atoms with Gasteiger partial charge in [-0.15, -0.1) is 0 Å². The second kappa shape index (κ2) is 5.74. The van der Waals surface area contributed by atoms with Crippen LogP contribution in [0.4, 0.5) is 0 Å². The van der Waals surface area contributed by atoms with Crippen LogP contribution in [0.25, 0.3) is 0 Å². The molecule has 0 aliphatic carbocycles. The Kier molecular flexibility index (Phi) is 9.68. The van der Waals surface area contributed by atoms with Gasteiger partial charge in [0.05, 0.1) is 0 Å². The molecule has 0 saturated carbocycles. The minimum absolute atomic E-state index is 0.580. The summed E-state index contributed by atoms with van der Waals surface area (Å²) in [6, 6.07) is 0. The third kappa shape index (κ3) is 4.74. The van der Waals surface area contributed by atoms with Crippen LogP contribution in [0.5, 0.6) is 0 Å². The summed E-state index contributed by atoms with van der Waals surface area (Å²) in [6.07, 6.45) is 0. The Balaban J connectivity index is 2.55. The summed E-state index contributed by atoms with van der Waals surface area (Å²) in [7, 11) is 0. The van der Waals surface area contributed by atoms with Gasteiger partial charge < -0.3 is 0 Å². The topological polar surface area (TPSA) is 24.7 Å². The van der Waals surface area contributed by atoms with Crippen LogP contribution < -0.4 is 0 Å². The Morgan fingerprint density at radius 3 is 1.25 bits per heavy atom. The van der Waals surface area contributed by atoms with Crippen molar-refractivity contribution in [3.05, 3.63) is 0 Å². The summed E-state index contributed by atoms with van der Waals surface area (Å²) >= 11 is 1.16.